The Morgan fingerprint density at radius 3 is 2.41 bits per heavy atom. The normalized spacial score (nSPS) is 16.9. The predicted molar refractivity (Wildman–Crippen MR) is 93.5 cm³/mol. The summed E-state index contributed by atoms with van der Waals surface area (Å²) in [6.07, 6.45) is -2.21. The molecule has 144 valence electrons. The fourth-order valence-electron chi connectivity index (χ4n) is 2.76. The lowest BCUT2D eigenvalue weighted by molar-refractivity contribution is -0.137. The molecule has 0 unspecified atom stereocenters. The van der Waals surface area contributed by atoms with Crippen molar-refractivity contribution in [1.82, 2.24) is 5.32 Å². The van der Waals surface area contributed by atoms with Gasteiger partial charge in [-0.25, -0.2) is 0 Å². The van der Waals surface area contributed by atoms with Gasteiger partial charge in [-0.05, 0) is 54.8 Å². The summed E-state index contributed by atoms with van der Waals surface area (Å²) in [6, 6.07) is 11.4. The van der Waals surface area contributed by atoms with Gasteiger partial charge in [-0.2, -0.15) is 13.2 Å². The van der Waals surface area contributed by atoms with Gasteiger partial charge in [-0.1, -0.05) is 12.1 Å². The quantitative estimate of drug-likeness (QED) is 0.819. The van der Waals surface area contributed by atoms with Gasteiger partial charge < -0.3 is 14.8 Å². The van der Waals surface area contributed by atoms with Crippen LogP contribution in [0.15, 0.2) is 48.5 Å². The highest BCUT2D eigenvalue weighted by molar-refractivity contribution is 5.94. The number of halogens is 3. The van der Waals surface area contributed by atoms with Crippen LogP contribution >= 0.6 is 0 Å². The second-order valence-electron chi connectivity index (χ2n) is 6.35. The SMILES string of the molecule is O=C(NCc1ccc(C(F)(F)F)cc1)c1ccc(OC[C@@H]2CCCO2)cc1. The minimum absolute atomic E-state index is 0.122. The first-order valence-electron chi connectivity index (χ1n) is 8.70. The Bertz CT molecular complexity index is 752. The number of alkyl halides is 3. The zero-order valence-electron chi connectivity index (χ0n) is 14.6. The van der Waals surface area contributed by atoms with E-state index in [-0.39, 0.29) is 18.6 Å². The molecule has 0 bridgehead atoms. The molecule has 1 fully saturated rings. The molecule has 27 heavy (non-hydrogen) atoms. The van der Waals surface area contributed by atoms with E-state index in [4.69, 9.17) is 9.47 Å². The molecule has 2 aromatic rings. The fraction of sp³-hybridized carbons (Fsp3) is 0.350. The summed E-state index contributed by atoms with van der Waals surface area (Å²) in [5, 5.41) is 2.69. The van der Waals surface area contributed by atoms with Crippen LogP contribution < -0.4 is 10.1 Å². The number of rotatable bonds is 6. The Kier molecular flexibility index (Phi) is 6.01. The molecule has 0 spiro atoms. The lowest BCUT2D eigenvalue weighted by Crippen LogP contribution is -2.22. The number of hydrogen-bond donors (Lipinski definition) is 1. The topological polar surface area (TPSA) is 47.6 Å². The summed E-state index contributed by atoms with van der Waals surface area (Å²) >= 11 is 0. The molecule has 0 saturated carbocycles. The molecule has 1 heterocycles. The zero-order valence-corrected chi connectivity index (χ0v) is 14.6. The van der Waals surface area contributed by atoms with Gasteiger partial charge >= 0.3 is 6.18 Å². The average molecular weight is 379 g/mol. The summed E-state index contributed by atoms with van der Waals surface area (Å²) in [7, 11) is 0. The number of amides is 1. The number of carbonyl (C=O) groups excluding carboxylic acids is 1. The molecule has 0 aromatic heterocycles. The third-order valence-corrected chi connectivity index (χ3v) is 4.31. The second kappa shape index (κ2) is 8.43. The summed E-state index contributed by atoms with van der Waals surface area (Å²) in [6.45, 7) is 1.40. The van der Waals surface area contributed by atoms with E-state index in [1.165, 1.54) is 12.1 Å². The van der Waals surface area contributed by atoms with Crippen LogP contribution in [0.2, 0.25) is 0 Å². The van der Waals surface area contributed by atoms with Gasteiger partial charge in [-0.3, -0.25) is 4.79 Å². The van der Waals surface area contributed by atoms with Crippen LogP contribution in [0.3, 0.4) is 0 Å². The average Bonchev–Trinajstić information content (AvgIpc) is 3.18. The van der Waals surface area contributed by atoms with Crippen LogP contribution in [-0.2, 0) is 17.5 Å². The molecule has 1 saturated heterocycles. The van der Waals surface area contributed by atoms with Crippen LogP contribution in [-0.4, -0.2) is 25.2 Å². The van der Waals surface area contributed by atoms with Crippen molar-refractivity contribution in [3.05, 3.63) is 65.2 Å². The first-order chi connectivity index (χ1) is 12.9. The standard InChI is InChI=1S/C20H20F3NO3/c21-20(22,23)16-7-3-14(4-8-16)12-24-19(25)15-5-9-17(10-6-15)27-13-18-2-1-11-26-18/h3-10,18H,1-2,11-13H2,(H,24,25)/t18-/m0/s1. The van der Waals surface area contributed by atoms with Crippen LogP contribution in [0, 0.1) is 0 Å². The molecule has 1 aliphatic heterocycles. The maximum Gasteiger partial charge on any atom is 0.416 e. The lowest BCUT2D eigenvalue weighted by atomic mass is 10.1. The van der Waals surface area contributed by atoms with Gasteiger partial charge in [0, 0.05) is 18.7 Å². The van der Waals surface area contributed by atoms with E-state index >= 15 is 0 Å². The van der Waals surface area contributed by atoms with E-state index in [0.717, 1.165) is 31.6 Å². The molecule has 1 N–H and O–H groups in total. The van der Waals surface area contributed by atoms with Crippen molar-refractivity contribution in [3.8, 4) is 5.75 Å². The molecule has 1 amide bonds. The largest absolute Gasteiger partial charge is 0.491 e. The summed E-state index contributed by atoms with van der Waals surface area (Å²) in [4.78, 5) is 12.2. The van der Waals surface area contributed by atoms with Gasteiger partial charge in [0.15, 0.2) is 0 Å². The summed E-state index contributed by atoms with van der Waals surface area (Å²) in [5.41, 5.74) is 0.329. The summed E-state index contributed by atoms with van der Waals surface area (Å²) < 4.78 is 48.8. The van der Waals surface area contributed by atoms with E-state index in [0.29, 0.717) is 23.5 Å². The third-order valence-electron chi connectivity index (χ3n) is 4.31. The number of nitrogens with one attached hydrogen (secondary N) is 1. The van der Waals surface area contributed by atoms with Gasteiger partial charge in [-0.15, -0.1) is 0 Å². The van der Waals surface area contributed by atoms with Crippen molar-refractivity contribution in [2.24, 2.45) is 0 Å². The molecule has 1 atom stereocenters. The van der Waals surface area contributed by atoms with Crippen LogP contribution in [0.4, 0.5) is 13.2 Å². The number of carbonyl (C=O) groups is 1. The maximum absolute atomic E-state index is 12.5. The first kappa shape index (κ1) is 19.2. The predicted octanol–water partition coefficient (Wildman–Crippen LogP) is 4.19. The molecule has 3 rings (SSSR count). The van der Waals surface area contributed by atoms with E-state index in [1.807, 2.05) is 0 Å². The Balaban J connectivity index is 1.48. The Hall–Kier alpha value is -2.54. The van der Waals surface area contributed by atoms with Gasteiger partial charge in [0.1, 0.15) is 12.4 Å². The highest BCUT2D eigenvalue weighted by Crippen LogP contribution is 2.29. The lowest BCUT2D eigenvalue weighted by Gasteiger charge is -2.12. The third kappa shape index (κ3) is 5.47. The fourth-order valence-corrected chi connectivity index (χ4v) is 2.76. The number of ether oxygens (including phenoxy) is 2. The molecular formula is C20H20F3NO3. The highest BCUT2D eigenvalue weighted by atomic mass is 19.4. The Labute approximate surface area is 155 Å². The molecule has 1 aliphatic rings. The summed E-state index contributed by atoms with van der Waals surface area (Å²) in [5.74, 6) is 0.352. The van der Waals surface area contributed by atoms with Gasteiger partial charge in [0.2, 0.25) is 0 Å². The van der Waals surface area contributed by atoms with Crippen LogP contribution in [0.1, 0.15) is 34.3 Å². The second-order valence-corrected chi connectivity index (χ2v) is 6.35. The Morgan fingerprint density at radius 2 is 1.81 bits per heavy atom. The van der Waals surface area contributed by atoms with Crippen molar-refractivity contribution in [2.45, 2.75) is 31.7 Å². The van der Waals surface area contributed by atoms with Crippen molar-refractivity contribution in [1.29, 1.82) is 0 Å². The van der Waals surface area contributed by atoms with Crippen molar-refractivity contribution < 1.29 is 27.4 Å². The minimum atomic E-state index is -4.37. The first-order valence-corrected chi connectivity index (χ1v) is 8.70. The Morgan fingerprint density at radius 1 is 1.11 bits per heavy atom. The van der Waals surface area contributed by atoms with Crippen molar-refractivity contribution >= 4 is 5.91 Å². The van der Waals surface area contributed by atoms with Gasteiger partial charge in [0.05, 0.1) is 11.7 Å². The molecule has 0 radical (unpaired) electrons. The maximum atomic E-state index is 12.5. The van der Waals surface area contributed by atoms with Crippen LogP contribution in [0.25, 0.3) is 0 Å². The van der Waals surface area contributed by atoms with E-state index in [1.54, 1.807) is 24.3 Å². The van der Waals surface area contributed by atoms with Crippen LogP contribution in [0.5, 0.6) is 5.75 Å². The smallest absolute Gasteiger partial charge is 0.416 e. The van der Waals surface area contributed by atoms with E-state index in [9.17, 15) is 18.0 Å². The highest BCUT2D eigenvalue weighted by Gasteiger charge is 2.29. The monoisotopic (exact) mass is 379 g/mol. The van der Waals surface area contributed by atoms with E-state index in [2.05, 4.69) is 5.32 Å². The van der Waals surface area contributed by atoms with Gasteiger partial charge in [0.25, 0.3) is 5.91 Å². The molecular weight excluding hydrogens is 359 g/mol. The van der Waals surface area contributed by atoms with Crippen molar-refractivity contribution in [3.63, 3.8) is 0 Å². The molecule has 2 aromatic carbocycles. The number of benzene rings is 2. The van der Waals surface area contributed by atoms with Crippen molar-refractivity contribution in [2.75, 3.05) is 13.2 Å². The van der Waals surface area contributed by atoms with E-state index < -0.39 is 11.7 Å². The number of hydrogen-bond acceptors (Lipinski definition) is 3. The zero-order chi connectivity index (χ0) is 19.3. The minimum Gasteiger partial charge on any atom is -0.491 e. The molecule has 0 aliphatic carbocycles. The molecule has 4 nitrogen and oxygen atoms in total. The molecule has 7 heteroatoms.